The lowest BCUT2D eigenvalue weighted by molar-refractivity contribution is -0.125. The number of rotatable bonds is 2. The lowest BCUT2D eigenvalue weighted by Crippen LogP contribution is -2.35. The highest BCUT2D eigenvalue weighted by Crippen LogP contribution is 2.37. The Morgan fingerprint density at radius 2 is 2.24 bits per heavy atom. The number of Topliss-reactive ketones (excluding diaryl/α,β-unsaturated/α-hetero) is 2. The van der Waals surface area contributed by atoms with Crippen LogP contribution in [0.5, 0.6) is 0 Å². The number of aromatic nitrogens is 1. The Morgan fingerprint density at radius 3 is 2.88 bits per heavy atom. The summed E-state index contributed by atoms with van der Waals surface area (Å²) >= 11 is 0. The molecule has 90 valence electrons. The van der Waals surface area contributed by atoms with Crippen LogP contribution in [-0.4, -0.2) is 16.6 Å². The van der Waals surface area contributed by atoms with Gasteiger partial charge in [-0.15, -0.1) is 0 Å². The van der Waals surface area contributed by atoms with Crippen molar-refractivity contribution in [1.82, 2.24) is 4.98 Å². The standard InChI is InChI=1S/C14H17NO2/c1-14(2)6-5-12(16)11(8-14)13(17)10-4-3-7-15-9-10/h3-4,7,9,11H,5-6,8H2,1-2H3. The molecule has 3 nitrogen and oxygen atoms in total. The molecule has 1 aromatic heterocycles. The summed E-state index contributed by atoms with van der Waals surface area (Å²) in [5, 5.41) is 0. The predicted molar refractivity (Wildman–Crippen MR) is 64.7 cm³/mol. The second-order valence-electron chi connectivity index (χ2n) is 5.49. The van der Waals surface area contributed by atoms with Gasteiger partial charge in [0, 0.05) is 24.4 Å². The number of pyridine rings is 1. The van der Waals surface area contributed by atoms with E-state index in [-0.39, 0.29) is 17.0 Å². The highest BCUT2D eigenvalue weighted by atomic mass is 16.2. The normalized spacial score (nSPS) is 23.4. The summed E-state index contributed by atoms with van der Waals surface area (Å²) in [5.41, 5.74) is 0.625. The van der Waals surface area contributed by atoms with Gasteiger partial charge in [0.2, 0.25) is 0 Å². The van der Waals surface area contributed by atoms with Gasteiger partial charge < -0.3 is 0 Å². The topological polar surface area (TPSA) is 47.0 Å². The molecule has 17 heavy (non-hydrogen) atoms. The van der Waals surface area contributed by atoms with E-state index < -0.39 is 5.92 Å². The quantitative estimate of drug-likeness (QED) is 0.580. The summed E-state index contributed by atoms with van der Waals surface area (Å²) in [6, 6.07) is 3.45. The van der Waals surface area contributed by atoms with E-state index in [1.54, 1.807) is 18.3 Å². The van der Waals surface area contributed by atoms with E-state index in [4.69, 9.17) is 0 Å². The second kappa shape index (κ2) is 4.40. The zero-order valence-electron chi connectivity index (χ0n) is 10.3. The van der Waals surface area contributed by atoms with Crippen molar-refractivity contribution in [2.75, 3.05) is 0 Å². The number of carbonyl (C=O) groups excluding carboxylic acids is 2. The second-order valence-corrected chi connectivity index (χ2v) is 5.49. The van der Waals surface area contributed by atoms with E-state index in [0.717, 1.165) is 6.42 Å². The largest absolute Gasteiger partial charge is 0.299 e. The third-order valence-corrected chi connectivity index (χ3v) is 3.46. The Bertz CT molecular complexity index is 437. The molecule has 0 aliphatic heterocycles. The van der Waals surface area contributed by atoms with Gasteiger partial charge in [-0.05, 0) is 30.4 Å². The number of hydrogen-bond acceptors (Lipinski definition) is 3. The molecule has 0 aromatic carbocycles. The van der Waals surface area contributed by atoms with Gasteiger partial charge in [0.25, 0.3) is 0 Å². The minimum absolute atomic E-state index is 0.0733. The molecule has 0 N–H and O–H groups in total. The third-order valence-electron chi connectivity index (χ3n) is 3.46. The van der Waals surface area contributed by atoms with E-state index in [1.807, 2.05) is 0 Å². The van der Waals surface area contributed by atoms with Gasteiger partial charge in [0.05, 0.1) is 5.92 Å². The lowest BCUT2D eigenvalue weighted by Gasteiger charge is -2.33. The van der Waals surface area contributed by atoms with Crippen LogP contribution in [0.1, 0.15) is 43.5 Å². The van der Waals surface area contributed by atoms with Crippen molar-refractivity contribution in [2.24, 2.45) is 11.3 Å². The van der Waals surface area contributed by atoms with Gasteiger partial charge in [-0.1, -0.05) is 13.8 Å². The van der Waals surface area contributed by atoms with E-state index in [1.165, 1.54) is 6.20 Å². The van der Waals surface area contributed by atoms with Crippen molar-refractivity contribution in [1.29, 1.82) is 0 Å². The predicted octanol–water partition coefficient (Wildman–Crippen LogP) is 2.66. The van der Waals surface area contributed by atoms with Gasteiger partial charge in [0.1, 0.15) is 5.78 Å². The van der Waals surface area contributed by atoms with Crippen molar-refractivity contribution in [2.45, 2.75) is 33.1 Å². The zero-order chi connectivity index (χ0) is 12.5. The van der Waals surface area contributed by atoms with Crippen LogP contribution in [0.15, 0.2) is 24.5 Å². The lowest BCUT2D eigenvalue weighted by atomic mass is 9.69. The van der Waals surface area contributed by atoms with Crippen molar-refractivity contribution < 1.29 is 9.59 Å². The van der Waals surface area contributed by atoms with Crippen LogP contribution in [-0.2, 0) is 4.79 Å². The average Bonchev–Trinajstić information content (AvgIpc) is 2.33. The van der Waals surface area contributed by atoms with Crippen LogP contribution in [0.25, 0.3) is 0 Å². The van der Waals surface area contributed by atoms with Crippen molar-refractivity contribution >= 4 is 11.6 Å². The highest BCUT2D eigenvalue weighted by molar-refractivity contribution is 6.10. The molecule has 0 saturated heterocycles. The molecule has 1 aliphatic carbocycles. The molecular formula is C14H17NO2. The molecule has 1 fully saturated rings. The van der Waals surface area contributed by atoms with Crippen molar-refractivity contribution in [3.63, 3.8) is 0 Å². The average molecular weight is 231 g/mol. The third kappa shape index (κ3) is 2.60. The first-order chi connectivity index (χ1) is 7.99. The molecule has 0 amide bonds. The Hall–Kier alpha value is -1.51. The molecule has 1 unspecified atom stereocenters. The summed E-state index contributed by atoms with van der Waals surface area (Å²) < 4.78 is 0. The minimum Gasteiger partial charge on any atom is -0.299 e. The maximum absolute atomic E-state index is 12.2. The van der Waals surface area contributed by atoms with Gasteiger partial charge in [-0.2, -0.15) is 0 Å². The molecule has 0 spiro atoms. The first kappa shape index (κ1) is 12.0. The number of nitrogens with zero attached hydrogens (tertiary/aromatic N) is 1. The Kier molecular flexibility index (Phi) is 3.09. The first-order valence-electron chi connectivity index (χ1n) is 5.96. The summed E-state index contributed by atoms with van der Waals surface area (Å²) in [5.74, 6) is -0.461. The summed E-state index contributed by atoms with van der Waals surface area (Å²) in [6.45, 7) is 4.23. The molecule has 3 heteroatoms. The molecule has 1 aliphatic rings. The summed E-state index contributed by atoms with van der Waals surface area (Å²) in [7, 11) is 0. The molecule has 1 heterocycles. The van der Waals surface area contributed by atoms with Crippen LogP contribution < -0.4 is 0 Å². The fourth-order valence-electron chi connectivity index (χ4n) is 2.35. The van der Waals surface area contributed by atoms with Crippen LogP contribution >= 0.6 is 0 Å². The van der Waals surface area contributed by atoms with Gasteiger partial charge >= 0.3 is 0 Å². The van der Waals surface area contributed by atoms with Gasteiger partial charge in [-0.25, -0.2) is 0 Å². The minimum atomic E-state index is -0.469. The first-order valence-corrected chi connectivity index (χ1v) is 5.96. The van der Waals surface area contributed by atoms with E-state index in [9.17, 15) is 9.59 Å². The molecule has 0 bridgehead atoms. The Morgan fingerprint density at radius 1 is 1.47 bits per heavy atom. The number of hydrogen-bond donors (Lipinski definition) is 0. The summed E-state index contributed by atoms with van der Waals surface area (Å²) in [6.07, 6.45) is 5.21. The highest BCUT2D eigenvalue weighted by Gasteiger charge is 2.37. The summed E-state index contributed by atoms with van der Waals surface area (Å²) in [4.78, 5) is 28.0. The molecule has 1 atom stereocenters. The monoisotopic (exact) mass is 231 g/mol. The van der Waals surface area contributed by atoms with Gasteiger partial charge in [0.15, 0.2) is 5.78 Å². The van der Waals surface area contributed by atoms with E-state index in [2.05, 4.69) is 18.8 Å². The number of ketones is 2. The van der Waals surface area contributed by atoms with E-state index in [0.29, 0.717) is 18.4 Å². The van der Waals surface area contributed by atoms with Crippen LogP contribution in [0.3, 0.4) is 0 Å². The smallest absolute Gasteiger partial charge is 0.174 e. The fourth-order valence-corrected chi connectivity index (χ4v) is 2.35. The van der Waals surface area contributed by atoms with Crippen LogP contribution in [0.2, 0.25) is 0 Å². The maximum atomic E-state index is 12.2. The molecule has 2 rings (SSSR count). The van der Waals surface area contributed by atoms with Crippen molar-refractivity contribution in [3.8, 4) is 0 Å². The van der Waals surface area contributed by atoms with Crippen LogP contribution in [0, 0.1) is 11.3 Å². The zero-order valence-corrected chi connectivity index (χ0v) is 10.3. The molecule has 1 aromatic rings. The van der Waals surface area contributed by atoms with Crippen LogP contribution in [0.4, 0.5) is 0 Å². The Labute approximate surface area is 101 Å². The SMILES string of the molecule is CC1(C)CCC(=O)C(C(=O)c2cccnc2)C1. The molecule has 1 saturated carbocycles. The molecule has 0 radical (unpaired) electrons. The number of carbonyl (C=O) groups is 2. The Balaban J connectivity index is 2.21. The molecular weight excluding hydrogens is 214 g/mol. The maximum Gasteiger partial charge on any atom is 0.174 e. The fraction of sp³-hybridized carbons (Fsp3) is 0.500. The van der Waals surface area contributed by atoms with Gasteiger partial charge in [-0.3, -0.25) is 14.6 Å². The van der Waals surface area contributed by atoms with E-state index >= 15 is 0 Å². The van der Waals surface area contributed by atoms with Crippen molar-refractivity contribution in [3.05, 3.63) is 30.1 Å².